The molecule has 6 heteroatoms. The Labute approximate surface area is 152 Å². The lowest BCUT2D eigenvalue weighted by atomic mass is 10.1. The highest BCUT2D eigenvalue weighted by Crippen LogP contribution is 2.21. The van der Waals surface area contributed by atoms with Crippen LogP contribution in [0.15, 0.2) is 42.5 Å². The van der Waals surface area contributed by atoms with Gasteiger partial charge in [-0.3, -0.25) is 4.79 Å². The van der Waals surface area contributed by atoms with E-state index >= 15 is 0 Å². The van der Waals surface area contributed by atoms with Gasteiger partial charge >= 0.3 is 5.97 Å². The highest BCUT2D eigenvalue weighted by molar-refractivity contribution is 5.85. The quantitative estimate of drug-likeness (QED) is 0.745. The Hall–Kier alpha value is -3.02. The number of benzene rings is 2. The second kappa shape index (κ2) is 8.89. The molecule has 0 fully saturated rings. The molecule has 0 bridgehead atoms. The van der Waals surface area contributed by atoms with E-state index in [-0.39, 0.29) is 24.7 Å². The lowest BCUT2D eigenvalue weighted by Crippen LogP contribution is -2.35. The summed E-state index contributed by atoms with van der Waals surface area (Å²) in [4.78, 5) is 24.2. The van der Waals surface area contributed by atoms with Crippen LogP contribution in [0, 0.1) is 13.8 Å². The first-order chi connectivity index (χ1) is 12.4. The Morgan fingerprint density at radius 1 is 1.15 bits per heavy atom. The van der Waals surface area contributed by atoms with E-state index in [4.69, 9.17) is 9.47 Å². The lowest BCUT2D eigenvalue weighted by molar-refractivity contribution is -0.145. The van der Waals surface area contributed by atoms with E-state index in [1.54, 1.807) is 12.1 Å². The number of phenolic OH excluding ortho intramolecular Hbond substituents is 1. The molecule has 0 heterocycles. The molecule has 0 aliphatic heterocycles. The van der Waals surface area contributed by atoms with E-state index in [1.807, 2.05) is 32.0 Å². The Morgan fingerprint density at radius 2 is 1.88 bits per heavy atom. The van der Waals surface area contributed by atoms with Crippen molar-refractivity contribution in [3.63, 3.8) is 0 Å². The number of ether oxygens (including phenoxy) is 2. The first kappa shape index (κ1) is 19.3. The van der Waals surface area contributed by atoms with E-state index in [2.05, 4.69) is 5.32 Å². The molecular weight excluding hydrogens is 334 g/mol. The maximum Gasteiger partial charge on any atom is 0.333 e. The molecule has 1 atom stereocenters. The average Bonchev–Trinajstić information content (AvgIpc) is 2.62. The van der Waals surface area contributed by atoms with Crippen molar-refractivity contribution in [2.75, 3.05) is 13.7 Å². The second-order valence-corrected chi connectivity index (χ2v) is 5.92. The van der Waals surface area contributed by atoms with E-state index < -0.39 is 12.0 Å². The molecule has 138 valence electrons. The monoisotopic (exact) mass is 357 g/mol. The van der Waals surface area contributed by atoms with Gasteiger partial charge in [-0.25, -0.2) is 4.79 Å². The van der Waals surface area contributed by atoms with Gasteiger partial charge in [0.05, 0.1) is 20.1 Å². The predicted octanol–water partition coefficient (Wildman–Crippen LogP) is 2.81. The molecule has 2 aromatic rings. The Morgan fingerprint density at radius 3 is 2.58 bits per heavy atom. The predicted molar refractivity (Wildman–Crippen MR) is 97.0 cm³/mol. The van der Waals surface area contributed by atoms with E-state index in [1.165, 1.54) is 19.2 Å². The molecule has 0 saturated carbocycles. The number of methoxy groups -OCH3 is 1. The minimum absolute atomic E-state index is 0.00362. The van der Waals surface area contributed by atoms with Gasteiger partial charge in [0, 0.05) is 0 Å². The van der Waals surface area contributed by atoms with Crippen LogP contribution in [0.25, 0.3) is 0 Å². The van der Waals surface area contributed by atoms with Gasteiger partial charge in [0.1, 0.15) is 11.5 Å². The van der Waals surface area contributed by atoms with Crippen LogP contribution < -0.4 is 10.1 Å². The molecule has 0 spiro atoms. The fraction of sp³-hybridized carbons (Fsp3) is 0.300. The molecule has 1 amide bonds. The minimum atomic E-state index is -0.986. The number of rotatable bonds is 7. The third kappa shape index (κ3) is 4.99. The number of aromatic hydroxyl groups is 1. The first-order valence-electron chi connectivity index (χ1n) is 8.27. The largest absolute Gasteiger partial charge is 0.508 e. The number of aryl methyl sites for hydroxylation is 1. The SMILES string of the molecule is COC(=O)[C@@H](NC(=O)CCOc1cccc(C)c1C)c1cccc(O)c1. The molecular formula is C20H23NO5. The van der Waals surface area contributed by atoms with Crippen molar-refractivity contribution in [1.29, 1.82) is 0 Å². The number of esters is 1. The highest BCUT2D eigenvalue weighted by Gasteiger charge is 2.23. The third-order valence-electron chi connectivity index (χ3n) is 4.09. The van der Waals surface area contributed by atoms with Crippen molar-refractivity contribution in [3.05, 3.63) is 59.2 Å². The zero-order valence-corrected chi connectivity index (χ0v) is 15.1. The van der Waals surface area contributed by atoms with Crippen LogP contribution >= 0.6 is 0 Å². The Bertz CT molecular complexity index is 788. The van der Waals surface area contributed by atoms with Gasteiger partial charge in [-0.05, 0) is 48.7 Å². The Kier molecular flexibility index (Phi) is 6.60. The van der Waals surface area contributed by atoms with Crippen LogP contribution in [0.2, 0.25) is 0 Å². The van der Waals surface area contributed by atoms with Crippen LogP contribution in [-0.4, -0.2) is 30.7 Å². The van der Waals surface area contributed by atoms with E-state index in [9.17, 15) is 14.7 Å². The number of phenols is 1. The van der Waals surface area contributed by atoms with Gasteiger partial charge in [0.15, 0.2) is 6.04 Å². The normalized spacial score (nSPS) is 11.5. The van der Waals surface area contributed by atoms with Gasteiger partial charge in [-0.15, -0.1) is 0 Å². The van der Waals surface area contributed by atoms with Crippen LogP contribution in [-0.2, 0) is 14.3 Å². The molecule has 2 N–H and O–H groups in total. The molecule has 2 rings (SSSR count). The summed E-state index contributed by atoms with van der Waals surface area (Å²) in [5.41, 5.74) is 2.59. The van der Waals surface area contributed by atoms with Crippen LogP contribution in [0.1, 0.15) is 29.2 Å². The summed E-state index contributed by atoms with van der Waals surface area (Å²) < 4.78 is 10.4. The fourth-order valence-corrected chi connectivity index (χ4v) is 2.47. The van der Waals surface area contributed by atoms with E-state index in [0.29, 0.717) is 5.56 Å². The molecule has 0 aromatic heterocycles. The number of amides is 1. The van der Waals surface area contributed by atoms with Crippen molar-refractivity contribution < 1.29 is 24.2 Å². The maximum absolute atomic E-state index is 12.2. The molecule has 0 unspecified atom stereocenters. The summed E-state index contributed by atoms with van der Waals surface area (Å²) in [7, 11) is 1.24. The number of nitrogens with one attached hydrogen (secondary N) is 1. The van der Waals surface area contributed by atoms with Gasteiger partial charge < -0.3 is 19.9 Å². The van der Waals surface area contributed by atoms with Crippen molar-refractivity contribution in [3.8, 4) is 11.5 Å². The standard InChI is InChI=1S/C20H23NO5/c1-13-6-4-9-17(14(13)2)26-11-10-18(23)21-19(20(24)25-3)15-7-5-8-16(22)12-15/h4-9,12,19,22H,10-11H2,1-3H3,(H,21,23)/t19-/m0/s1. The average molecular weight is 357 g/mol. The van der Waals surface area contributed by atoms with Crippen molar-refractivity contribution in [2.45, 2.75) is 26.3 Å². The molecule has 26 heavy (non-hydrogen) atoms. The number of hydrogen-bond donors (Lipinski definition) is 2. The summed E-state index contributed by atoms with van der Waals surface area (Å²) in [6.07, 6.45) is 0.0830. The Balaban J connectivity index is 1.97. The molecule has 6 nitrogen and oxygen atoms in total. The highest BCUT2D eigenvalue weighted by atomic mass is 16.5. The van der Waals surface area contributed by atoms with Crippen LogP contribution in [0.3, 0.4) is 0 Å². The molecule has 0 aliphatic carbocycles. The maximum atomic E-state index is 12.2. The summed E-state index contributed by atoms with van der Waals surface area (Å²) in [5.74, 6) is -0.229. The molecule has 0 radical (unpaired) electrons. The molecule has 0 aliphatic rings. The van der Waals surface area contributed by atoms with Crippen molar-refractivity contribution >= 4 is 11.9 Å². The first-order valence-corrected chi connectivity index (χ1v) is 8.27. The van der Waals surface area contributed by atoms with Gasteiger partial charge in [0.25, 0.3) is 0 Å². The topological polar surface area (TPSA) is 84.9 Å². The third-order valence-corrected chi connectivity index (χ3v) is 4.09. The van der Waals surface area contributed by atoms with Gasteiger partial charge in [-0.1, -0.05) is 24.3 Å². The van der Waals surface area contributed by atoms with E-state index in [0.717, 1.165) is 16.9 Å². The summed E-state index contributed by atoms with van der Waals surface area (Å²) in [6.45, 7) is 4.13. The van der Waals surface area contributed by atoms with Crippen LogP contribution in [0.4, 0.5) is 0 Å². The lowest BCUT2D eigenvalue weighted by Gasteiger charge is -2.17. The molecule has 0 saturated heterocycles. The smallest absolute Gasteiger partial charge is 0.333 e. The minimum Gasteiger partial charge on any atom is -0.508 e. The van der Waals surface area contributed by atoms with Gasteiger partial charge in [0.2, 0.25) is 5.91 Å². The van der Waals surface area contributed by atoms with Crippen molar-refractivity contribution in [2.24, 2.45) is 0 Å². The van der Waals surface area contributed by atoms with Crippen molar-refractivity contribution in [1.82, 2.24) is 5.32 Å². The summed E-state index contributed by atoms with van der Waals surface area (Å²) >= 11 is 0. The second-order valence-electron chi connectivity index (χ2n) is 5.92. The van der Waals surface area contributed by atoms with Gasteiger partial charge in [-0.2, -0.15) is 0 Å². The summed E-state index contributed by atoms with van der Waals surface area (Å²) in [6, 6.07) is 10.9. The van der Waals surface area contributed by atoms with Crippen LogP contribution in [0.5, 0.6) is 11.5 Å². The number of hydrogen-bond acceptors (Lipinski definition) is 5. The summed E-state index contributed by atoms with van der Waals surface area (Å²) in [5, 5.41) is 12.2. The fourth-order valence-electron chi connectivity index (χ4n) is 2.47. The molecule has 2 aromatic carbocycles. The number of carbonyl (C=O) groups is 2. The number of carbonyl (C=O) groups excluding carboxylic acids is 2. The zero-order chi connectivity index (χ0) is 19.1. The zero-order valence-electron chi connectivity index (χ0n) is 15.1.